The van der Waals surface area contributed by atoms with Gasteiger partial charge in [-0.15, -0.1) is 0 Å². The number of rotatable bonds is 4. The van der Waals surface area contributed by atoms with Gasteiger partial charge in [0.05, 0.1) is 4.90 Å². The number of benzene rings is 1. The molecule has 1 aromatic rings. The van der Waals surface area contributed by atoms with E-state index in [4.69, 9.17) is 5.14 Å². The first-order chi connectivity index (χ1) is 7.43. The van der Waals surface area contributed by atoms with Gasteiger partial charge in [-0.05, 0) is 36.0 Å². The van der Waals surface area contributed by atoms with Gasteiger partial charge in [0, 0.05) is 0 Å². The van der Waals surface area contributed by atoms with Crippen molar-refractivity contribution in [2.75, 3.05) is 0 Å². The molecule has 0 amide bonds. The first-order valence-corrected chi connectivity index (χ1v) is 7.16. The number of hydrogen-bond acceptors (Lipinski definition) is 2. The molecule has 0 heterocycles. The first-order valence-electron chi connectivity index (χ1n) is 5.61. The van der Waals surface area contributed by atoms with E-state index >= 15 is 0 Å². The first kappa shape index (κ1) is 13.2. The zero-order chi connectivity index (χ0) is 12.3. The molecule has 0 saturated heterocycles. The average molecular weight is 241 g/mol. The van der Waals surface area contributed by atoms with Gasteiger partial charge in [-0.1, -0.05) is 32.9 Å². The zero-order valence-electron chi connectivity index (χ0n) is 10.1. The fourth-order valence-electron chi connectivity index (χ4n) is 1.92. The van der Waals surface area contributed by atoms with Crippen LogP contribution >= 0.6 is 0 Å². The third-order valence-electron chi connectivity index (χ3n) is 2.76. The molecule has 0 aromatic heterocycles. The summed E-state index contributed by atoms with van der Waals surface area (Å²) in [4.78, 5) is 0.328. The van der Waals surface area contributed by atoms with Crippen molar-refractivity contribution in [3.05, 3.63) is 28.8 Å². The van der Waals surface area contributed by atoms with Crippen LogP contribution in [0.25, 0.3) is 0 Å². The molecule has 0 aliphatic carbocycles. The van der Waals surface area contributed by atoms with Gasteiger partial charge in [0.1, 0.15) is 0 Å². The Kier molecular flexibility index (Phi) is 4.10. The van der Waals surface area contributed by atoms with Crippen LogP contribution < -0.4 is 5.14 Å². The van der Waals surface area contributed by atoms with Crippen LogP contribution in [-0.4, -0.2) is 8.42 Å². The minimum absolute atomic E-state index is 0.328. The van der Waals surface area contributed by atoms with Crippen molar-refractivity contribution in [2.45, 2.75) is 44.9 Å². The minimum Gasteiger partial charge on any atom is -0.225 e. The summed E-state index contributed by atoms with van der Waals surface area (Å²) < 4.78 is 23.1. The van der Waals surface area contributed by atoms with Crippen molar-refractivity contribution >= 4 is 10.0 Å². The number of primary sulfonamides is 1. The fourth-order valence-corrected chi connectivity index (χ4v) is 3.06. The summed E-state index contributed by atoms with van der Waals surface area (Å²) in [5.74, 6) is 0. The van der Waals surface area contributed by atoms with Crippen LogP contribution in [0.1, 0.15) is 37.5 Å². The van der Waals surface area contributed by atoms with Crippen LogP contribution in [0.5, 0.6) is 0 Å². The number of sulfonamides is 1. The predicted molar refractivity (Wildman–Crippen MR) is 65.9 cm³/mol. The van der Waals surface area contributed by atoms with Crippen LogP contribution in [0.15, 0.2) is 17.0 Å². The van der Waals surface area contributed by atoms with E-state index in [1.807, 2.05) is 26.0 Å². The monoisotopic (exact) mass is 241 g/mol. The fraction of sp³-hybridized carbons (Fsp3) is 0.500. The topological polar surface area (TPSA) is 60.2 Å². The van der Waals surface area contributed by atoms with Crippen molar-refractivity contribution in [3.8, 4) is 0 Å². The van der Waals surface area contributed by atoms with Gasteiger partial charge in [0.25, 0.3) is 0 Å². The van der Waals surface area contributed by atoms with E-state index in [1.54, 1.807) is 0 Å². The van der Waals surface area contributed by atoms with Crippen LogP contribution in [0.3, 0.4) is 0 Å². The molecule has 0 saturated carbocycles. The van der Waals surface area contributed by atoms with E-state index in [0.29, 0.717) is 17.7 Å². The second kappa shape index (κ2) is 4.97. The van der Waals surface area contributed by atoms with Crippen molar-refractivity contribution in [2.24, 2.45) is 5.14 Å². The summed E-state index contributed by atoms with van der Waals surface area (Å²) in [6.07, 6.45) is 2.28. The highest BCUT2D eigenvalue weighted by Gasteiger charge is 2.18. The largest absolute Gasteiger partial charge is 0.238 e. The summed E-state index contributed by atoms with van der Waals surface area (Å²) >= 11 is 0. The van der Waals surface area contributed by atoms with E-state index in [0.717, 1.165) is 17.5 Å². The third-order valence-corrected chi connectivity index (χ3v) is 3.85. The van der Waals surface area contributed by atoms with Gasteiger partial charge in [0.2, 0.25) is 10.0 Å². The van der Waals surface area contributed by atoms with E-state index in [-0.39, 0.29) is 0 Å². The second-order valence-electron chi connectivity index (χ2n) is 3.85. The molecule has 16 heavy (non-hydrogen) atoms. The summed E-state index contributed by atoms with van der Waals surface area (Å²) in [5.41, 5.74) is 2.83. The van der Waals surface area contributed by atoms with E-state index in [9.17, 15) is 8.42 Å². The summed E-state index contributed by atoms with van der Waals surface area (Å²) in [5, 5.41) is 5.27. The smallest absolute Gasteiger partial charge is 0.225 e. The molecular formula is C12H19NO2S. The molecule has 2 N–H and O–H groups in total. The molecule has 90 valence electrons. The van der Waals surface area contributed by atoms with Crippen LogP contribution in [0, 0.1) is 0 Å². The standard InChI is InChI=1S/C12H19NO2S/c1-4-9-7-10(5-2)12(16(13,14)15)11(6-3)8-9/h7-8H,4-6H2,1-3H3,(H2,13,14,15). The lowest BCUT2D eigenvalue weighted by molar-refractivity contribution is 0.595. The van der Waals surface area contributed by atoms with Crippen LogP contribution in [-0.2, 0) is 29.3 Å². The summed E-state index contributed by atoms with van der Waals surface area (Å²) in [6, 6.07) is 3.89. The van der Waals surface area contributed by atoms with Crippen molar-refractivity contribution in [1.82, 2.24) is 0 Å². The van der Waals surface area contributed by atoms with Crippen LogP contribution in [0.4, 0.5) is 0 Å². The maximum absolute atomic E-state index is 11.6. The number of aryl methyl sites for hydroxylation is 3. The van der Waals surface area contributed by atoms with Crippen molar-refractivity contribution < 1.29 is 8.42 Å². The lowest BCUT2D eigenvalue weighted by atomic mass is 10.0. The Hall–Kier alpha value is -0.870. The highest BCUT2D eigenvalue weighted by Crippen LogP contribution is 2.23. The maximum Gasteiger partial charge on any atom is 0.238 e. The SMILES string of the molecule is CCc1cc(CC)c(S(N)(=O)=O)c(CC)c1. The molecule has 0 fully saturated rings. The minimum atomic E-state index is -3.61. The Morgan fingerprint density at radius 2 is 1.44 bits per heavy atom. The Balaban J connectivity index is 3.57. The highest BCUT2D eigenvalue weighted by molar-refractivity contribution is 7.89. The summed E-state index contributed by atoms with van der Waals surface area (Å²) in [6.45, 7) is 5.95. The van der Waals surface area contributed by atoms with Crippen molar-refractivity contribution in [3.63, 3.8) is 0 Å². The second-order valence-corrected chi connectivity index (χ2v) is 5.35. The molecule has 0 atom stereocenters. The van der Waals surface area contributed by atoms with E-state index < -0.39 is 10.0 Å². The average Bonchev–Trinajstić information content (AvgIpc) is 2.25. The van der Waals surface area contributed by atoms with Gasteiger partial charge in [-0.3, -0.25) is 0 Å². The van der Waals surface area contributed by atoms with Crippen LogP contribution in [0.2, 0.25) is 0 Å². The Morgan fingerprint density at radius 3 is 1.69 bits per heavy atom. The van der Waals surface area contributed by atoms with Gasteiger partial charge >= 0.3 is 0 Å². The predicted octanol–water partition coefficient (Wildman–Crippen LogP) is 2.02. The Labute approximate surface area is 97.7 Å². The normalized spacial score (nSPS) is 11.8. The Bertz CT molecular complexity index is 453. The van der Waals surface area contributed by atoms with Gasteiger partial charge in [-0.2, -0.15) is 0 Å². The molecule has 0 unspecified atom stereocenters. The van der Waals surface area contributed by atoms with E-state index in [1.165, 1.54) is 5.56 Å². The lowest BCUT2D eigenvalue weighted by Crippen LogP contribution is -2.17. The molecule has 1 rings (SSSR count). The highest BCUT2D eigenvalue weighted by atomic mass is 32.2. The maximum atomic E-state index is 11.6. The quantitative estimate of drug-likeness (QED) is 0.876. The van der Waals surface area contributed by atoms with Crippen molar-refractivity contribution in [1.29, 1.82) is 0 Å². The third kappa shape index (κ3) is 2.62. The molecule has 0 spiro atoms. The molecule has 0 bridgehead atoms. The van der Waals surface area contributed by atoms with Gasteiger partial charge < -0.3 is 0 Å². The molecule has 4 heteroatoms. The zero-order valence-corrected chi connectivity index (χ0v) is 10.9. The Morgan fingerprint density at radius 1 is 1.00 bits per heavy atom. The molecule has 1 aromatic carbocycles. The number of nitrogens with two attached hydrogens (primary N) is 1. The van der Waals surface area contributed by atoms with Gasteiger partial charge in [-0.25, -0.2) is 13.6 Å². The number of hydrogen-bond donors (Lipinski definition) is 1. The summed E-state index contributed by atoms with van der Waals surface area (Å²) in [7, 11) is -3.61. The molecule has 0 aliphatic rings. The molecule has 0 aliphatic heterocycles. The molecule has 3 nitrogen and oxygen atoms in total. The van der Waals surface area contributed by atoms with Gasteiger partial charge in [0.15, 0.2) is 0 Å². The van der Waals surface area contributed by atoms with E-state index in [2.05, 4.69) is 6.92 Å². The molecular weight excluding hydrogens is 222 g/mol. The lowest BCUT2D eigenvalue weighted by Gasteiger charge is -2.13. The molecule has 0 radical (unpaired) electrons.